The Bertz CT molecular complexity index is 791. The average Bonchev–Trinajstić information content (AvgIpc) is 2.62. The molecule has 0 saturated carbocycles. The Hall–Kier alpha value is -2.67. The van der Waals surface area contributed by atoms with Crippen LogP contribution in [-0.2, 0) is 9.59 Å². The molecule has 0 fully saturated rings. The van der Waals surface area contributed by atoms with Gasteiger partial charge in [-0.05, 0) is 36.2 Å². The van der Waals surface area contributed by atoms with Gasteiger partial charge in [-0.1, -0.05) is 48.0 Å². The van der Waals surface area contributed by atoms with Gasteiger partial charge in [0.1, 0.15) is 0 Å². The van der Waals surface area contributed by atoms with Gasteiger partial charge in [0, 0.05) is 28.0 Å². The van der Waals surface area contributed by atoms with Gasteiger partial charge in [-0.2, -0.15) is 5.10 Å². The molecule has 3 N–H and O–H groups in total. The van der Waals surface area contributed by atoms with E-state index in [9.17, 15) is 9.59 Å². The number of halogens is 1. The lowest BCUT2D eigenvalue weighted by Gasteiger charge is -2.10. The third-order valence-corrected chi connectivity index (χ3v) is 3.81. The van der Waals surface area contributed by atoms with Gasteiger partial charge in [0.2, 0.25) is 0 Å². The van der Waals surface area contributed by atoms with E-state index in [1.54, 1.807) is 0 Å². The minimum Gasteiger partial charge on any atom is -0.355 e. The maximum absolute atomic E-state index is 11.7. The first-order valence-corrected chi connectivity index (χ1v) is 8.98. The van der Waals surface area contributed by atoms with E-state index < -0.39 is 11.8 Å². The molecule has 2 aromatic carbocycles. The summed E-state index contributed by atoms with van der Waals surface area (Å²) < 4.78 is 0.874. The Kier molecular flexibility index (Phi) is 7.35. The van der Waals surface area contributed by atoms with Crippen molar-refractivity contribution in [1.29, 1.82) is 0 Å². The van der Waals surface area contributed by atoms with Gasteiger partial charge < -0.3 is 10.6 Å². The van der Waals surface area contributed by atoms with E-state index in [4.69, 9.17) is 0 Å². The van der Waals surface area contributed by atoms with Crippen molar-refractivity contribution < 1.29 is 9.59 Å². The smallest absolute Gasteiger partial charge is 0.329 e. The van der Waals surface area contributed by atoms with E-state index in [1.807, 2.05) is 62.4 Å². The number of benzene rings is 2. The van der Waals surface area contributed by atoms with Gasteiger partial charge in [0.25, 0.3) is 0 Å². The minimum absolute atomic E-state index is 0.267. The van der Waals surface area contributed by atoms with Crippen LogP contribution in [0.15, 0.2) is 58.1 Å². The summed E-state index contributed by atoms with van der Waals surface area (Å²) in [6, 6.07) is 15.4. The van der Waals surface area contributed by atoms with Crippen LogP contribution in [-0.4, -0.2) is 24.6 Å². The molecule has 2 rings (SSSR count). The van der Waals surface area contributed by atoms with E-state index in [-0.39, 0.29) is 5.92 Å². The molecule has 0 spiro atoms. The molecule has 7 heteroatoms. The number of carbonyl (C=O) groups excluding carboxylic acids is 2. The van der Waals surface area contributed by atoms with Gasteiger partial charge in [0.05, 0.1) is 6.21 Å². The van der Waals surface area contributed by atoms with Crippen molar-refractivity contribution in [3.63, 3.8) is 0 Å². The predicted octanol–water partition coefficient (Wildman–Crippen LogP) is 3.42. The molecule has 2 aromatic rings. The predicted molar refractivity (Wildman–Crippen MR) is 107 cm³/mol. The van der Waals surface area contributed by atoms with Crippen molar-refractivity contribution in [3.8, 4) is 0 Å². The zero-order valence-electron chi connectivity index (χ0n) is 14.6. The molecule has 0 aliphatic rings. The number of amides is 2. The van der Waals surface area contributed by atoms with E-state index >= 15 is 0 Å². The van der Waals surface area contributed by atoms with Crippen molar-refractivity contribution in [2.45, 2.75) is 13.8 Å². The zero-order valence-corrected chi connectivity index (χ0v) is 16.2. The molecule has 0 atom stereocenters. The fourth-order valence-corrected chi connectivity index (χ4v) is 2.40. The van der Waals surface area contributed by atoms with Crippen LogP contribution < -0.4 is 16.1 Å². The SMILES string of the molecule is CC(C)CNC(=O)C(=O)N/N=C\c1cc(Br)ccc1Nc1ccccc1. The monoisotopic (exact) mass is 416 g/mol. The molecule has 0 aliphatic heterocycles. The van der Waals surface area contributed by atoms with Crippen molar-refractivity contribution in [3.05, 3.63) is 58.6 Å². The number of carbonyl (C=O) groups is 2. The number of hydrogen-bond acceptors (Lipinski definition) is 4. The van der Waals surface area contributed by atoms with Crippen molar-refractivity contribution in [2.75, 3.05) is 11.9 Å². The first kappa shape index (κ1) is 19.7. The van der Waals surface area contributed by atoms with Crippen LogP contribution in [0.3, 0.4) is 0 Å². The second kappa shape index (κ2) is 9.72. The van der Waals surface area contributed by atoms with Crippen LogP contribution in [0.25, 0.3) is 0 Å². The number of anilines is 2. The average molecular weight is 417 g/mol. The normalized spacial score (nSPS) is 10.8. The summed E-state index contributed by atoms with van der Waals surface area (Å²) in [4.78, 5) is 23.4. The van der Waals surface area contributed by atoms with Gasteiger partial charge >= 0.3 is 11.8 Å². The van der Waals surface area contributed by atoms with Crippen LogP contribution in [0.5, 0.6) is 0 Å². The number of hydrazone groups is 1. The van der Waals surface area contributed by atoms with E-state index in [0.29, 0.717) is 6.54 Å². The Labute approximate surface area is 161 Å². The van der Waals surface area contributed by atoms with Crippen LogP contribution >= 0.6 is 15.9 Å². The maximum Gasteiger partial charge on any atom is 0.329 e. The summed E-state index contributed by atoms with van der Waals surface area (Å²) in [6.45, 7) is 4.34. The number of rotatable bonds is 6. The first-order chi connectivity index (χ1) is 12.5. The van der Waals surface area contributed by atoms with Gasteiger partial charge in [-0.15, -0.1) is 0 Å². The quantitative estimate of drug-likeness (QED) is 0.383. The molecule has 26 heavy (non-hydrogen) atoms. The van der Waals surface area contributed by atoms with Crippen LogP contribution in [0.2, 0.25) is 0 Å². The molecule has 0 radical (unpaired) electrons. The minimum atomic E-state index is -0.797. The van der Waals surface area contributed by atoms with Crippen molar-refractivity contribution >= 4 is 45.3 Å². The summed E-state index contributed by atoms with van der Waals surface area (Å²) in [7, 11) is 0. The fraction of sp³-hybridized carbons (Fsp3) is 0.211. The number of para-hydroxylation sites is 1. The summed E-state index contributed by atoms with van der Waals surface area (Å²) >= 11 is 3.42. The molecule has 0 bridgehead atoms. The van der Waals surface area contributed by atoms with Gasteiger partial charge in [-0.3, -0.25) is 9.59 Å². The lowest BCUT2D eigenvalue weighted by Crippen LogP contribution is -2.39. The molecule has 0 unspecified atom stereocenters. The molecule has 0 saturated heterocycles. The van der Waals surface area contributed by atoms with Gasteiger partial charge in [0.15, 0.2) is 0 Å². The lowest BCUT2D eigenvalue weighted by atomic mass is 10.2. The topological polar surface area (TPSA) is 82.6 Å². The molecule has 2 amide bonds. The molecule has 136 valence electrons. The molecular formula is C19H21BrN4O2. The summed E-state index contributed by atoms with van der Waals surface area (Å²) in [5.74, 6) is -1.23. The highest BCUT2D eigenvalue weighted by molar-refractivity contribution is 9.10. The van der Waals surface area contributed by atoms with E-state index in [2.05, 4.69) is 37.1 Å². The molecule has 0 aromatic heterocycles. The van der Waals surface area contributed by atoms with Crippen LogP contribution in [0, 0.1) is 5.92 Å². The Morgan fingerprint density at radius 3 is 2.54 bits per heavy atom. The maximum atomic E-state index is 11.7. The van der Waals surface area contributed by atoms with Crippen molar-refractivity contribution in [1.82, 2.24) is 10.7 Å². The molecule has 0 aliphatic carbocycles. The number of hydrogen-bond donors (Lipinski definition) is 3. The van der Waals surface area contributed by atoms with Crippen molar-refractivity contribution in [2.24, 2.45) is 11.0 Å². The largest absolute Gasteiger partial charge is 0.355 e. The summed E-state index contributed by atoms with van der Waals surface area (Å²) in [5, 5.41) is 9.72. The fourth-order valence-electron chi connectivity index (χ4n) is 2.02. The molecule has 0 heterocycles. The van der Waals surface area contributed by atoms with E-state index in [1.165, 1.54) is 6.21 Å². The standard InChI is InChI=1S/C19H21BrN4O2/c1-13(2)11-21-18(25)19(26)24-22-12-14-10-15(20)8-9-17(14)23-16-6-4-3-5-7-16/h3-10,12-13,23H,11H2,1-2H3,(H,21,25)(H,24,26)/b22-12-. The number of nitrogens with one attached hydrogen (secondary N) is 3. The second-order valence-electron chi connectivity index (χ2n) is 6.03. The lowest BCUT2D eigenvalue weighted by molar-refractivity contribution is -0.139. The van der Waals surface area contributed by atoms with Crippen LogP contribution in [0.4, 0.5) is 11.4 Å². The third-order valence-electron chi connectivity index (χ3n) is 3.31. The zero-order chi connectivity index (χ0) is 18.9. The van der Waals surface area contributed by atoms with Crippen LogP contribution in [0.1, 0.15) is 19.4 Å². The third kappa shape index (κ3) is 6.33. The first-order valence-electron chi connectivity index (χ1n) is 8.18. The highest BCUT2D eigenvalue weighted by atomic mass is 79.9. The second-order valence-corrected chi connectivity index (χ2v) is 6.94. The van der Waals surface area contributed by atoms with Gasteiger partial charge in [-0.25, -0.2) is 5.43 Å². The Balaban J connectivity index is 2.03. The Morgan fingerprint density at radius 1 is 1.12 bits per heavy atom. The molecule has 6 nitrogen and oxygen atoms in total. The highest BCUT2D eigenvalue weighted by Crippen LogP contribution is 2.23. The summed E-state index contributed by atoms with van der Waals surface area (Å²) in [6.07, 6.45) is 1.49. The Morgan fingerprint density at radius 2 is 1.85 bits per heavy atom. The number of nitrogens with zero attached hydrogens (tertiary/aromatic N) is 1. The summed E-state index contributed by atoms with van der Waals surface area (Å²) in [5.41, 5.74) is 4.75. The molecular weight excluding hydrogens is 396 g/mol. The highest BCUT2D eigenvalue weighted by Gasteiger charge is 2.12. The van der Waals surface area contributed by atoms with E-state index in [0.717, 1.165) is 21.4 Å².